The predicted octanol–water partition coefficient (Wildman–Crippen LogP) is 3.32. The third kappa shape index (κ3) is 4.65. The zero-order chi connectivity index (χ0) is 22.6. The number of hydrogen-bond donors (Lipinski definition) is 1. The average Bonchev–Trinajstić information content (AvgIpc) is 3.49. The molecule has 3 heterocycles. The molecule has 4 aromatic rings. The van der Waals surface area contributed by atoms with Crippen LogP contribution in [-0.4, -0.2) is 37.7 Å². The minimum Gasteiger partial charge on any atom is -0.454 e. The van der Waals surface area contributed by atoms with E-state index in [-0.39, 0.29) is 18.4 Å². The number of ether oxygens (including phenoxy) is 2. The lowest BCUT2D eigenvalue weighted by Crippen LogP contribution is -2.24. The zero-order valence-electron chi connectivity index (χ0n) is 17.8. The molecule has 0 bridgehead atoms. The van der Waals surface area contributed by atoms with E-state index in [0.29, 0.717) is 34.6 Å². The molecule has 0 aliphatic carbocycles. The first-order valence-corrected chi connectivity index (χ1v) is 11.2. The number of nitrogens with zero attached hydrogens (tertiary/aromatic N) is 5. The first-order valence-electron chi connectivity index (χ1n) is 10.3. The van der Waals surface area contributed by atoms with Crippen LogP contribution in [-0.2, 0) is 12.3 Å². The molecule has 10 heteroatoms. The van der Waals surface area contributed by atoms with Crippen LogP contribution in [0.1, 0.15) is 27.3 Å². The monoisotopic (exact) mass is 460 g/mol. The molecule has 0 unspecified atom stereocenters. The highest BCUT2D eigenvalue weighted by Crippen LogP contribution is 2.32. The van der Waals surface area contributed by atoms with Gasteiger partial charge in [0.1, 0.15) is 0 Å². The van der Waals surface area contributed by atoms with Gasteiger partial charge in [-0.25, -0.2) is 14.6 Å². The quantitative estimate of drug-likeness (QED) is 0.331. The van der Waals surface area contributed by atoms with Gasteiger partial charge in [0.2, 0.25) is 6.79 Å². The summed E-state index contributed by atoms with van der Waals surface area (Å²) in [6.07, 6.45) is 3.37. The van der Waals surface area contributed by atoms with Crippen LogP contribution >= 0.6 is 11.8 Å². The van der Waals surface area contributed by atoms with Crippen LogP contribution in [0.4, 0.5) is 0 Å². The number of aromatic nitrogens is 5. The lowest BCUT2D eigenvalue weighted by molar-refractivity contribution is 0.0945. The Morgan fingerprint density at radius 2 is 1.88 bits per heavy atom. The van der Waals surface area contributed by atoms with Gasteiger partial charge < -0.3 is 14.8 Å². The number of hydrogen-bond acceptors (Lipinski definition) is 8. The number of aryl methyl sites for hydroxylation is 1. The summed E-state index contributed by atoms with van der Waals surface area (Å²) >= 11 is 1.42. The van der Waals surface area contributed by atoms with E-state index in [1.807, 2.05) is 49.4 Å². The molecule has 0 saturated carbocycles. The van der Waals surface area contributed by atoms with Gasteiger partial charge in [-0.1, -0.05) is 40.7 Å². The Kier molecular flexibility index (Phi) is 5.90. The van der Waals surface area contributed by atoms with Gasteiger partial charge in [0.25, 0.3) is 5.91 Å². The molecule has 1 N–H and O–H groups in total. The van der Waals surface area contributed by atoms with E-state index in [1.165, 1.54) is 11.8 Å². The van der Waals surface area contributed by atoms with Gasteiger partial charge in [-0.3, -0.25) is 4.79 Å². The number of amides is 1. The molecule has 0 radical (unpaired) electrons. The fourth-order valence-electron chi connectivity index (χ4n) is 3.31. The fourth-order valence-corrected chi connectivity index (χ4v) is 4.11. The smallest absolute Gasteiger partial charge is 0.274 e. The molecule has 33 heavy (non-hydrogen) atoms. The first-order chi connectivity index (χ1) is 16.2. The summed E-state index contributed by atoms with van der Waals surface area (Å²) in [6.45, 7) is 2.55. The van der Waals surface area contributed by atoms with Crippen molar-refractivity contribution in [1.29, 1.82) is 0 Å². The first kappa shape index (κ1) is 21.0. The molecule has 9 nitrogen and oxygen atoms in total. The second-order valence-corrected chi connectivity index (χ2v) is 8.26. The Labute approximate surface area is 194 Å². The van der Waals surface area contributed by atoms with Gasteiger partial charge >= 0.3 is 0 Å². The summed E-state index contributed by atoms with van der Waals surface area (Å²) in [4.78, 5) is 21.6. The summed E-state index contributed by atoms with van der Waals surface area (Å²) in [6, 6.07) is 15.2. The van der Waals surface area contributed by atoms with Gasteiger partial charge in [-0.2, -0.15) is 0 Å². The highest BCUT2D eigenvalue weighted by atomic mass is 32.2. The lowest BCUT2D eigenvalue weighted by atomic mass is 10.2. The van der Waals surface area contributed by atoms with Crippen molar-refractivity contribution in [2.75, 3.05) is 6.79 Å². The maximum Gasteiger partial charge on any atom is 0.274 e. The van der Waals surface area contributed by atoms with Crippen LogP contribution in [0, 0.1) is 6.92 Å². The van der Waals surface area contributed by atoms with Crippen molar-refractivity contribution in [3.05, 3.63) is 83.4 Å². The predicted molar refractivity (Wildman–Crippen MR) is 121 cm³/mol. The molecule has 2 aromatic carbocycles. The highest BCUT2D eigenvalue weighted by molar-refractivity contribution is 7.98. The second kappa shape index (κ2) is 9.29. The SMILES string of the molecule is Cc1ccc(-n2nnc(C(=O)NCc3ccc4c(c3)OCO4)c2CSc2ncccn2)cc1. The van der Waals surface area contributed by atoms with E-state index in [4.69, 9.17) is 9.47 Å². The van der Waals surface area contributed by atoms with Crippen molar-refractivity contribution in [2.45, 2.75) is 24.4 Å². The van der Waals surface area contributed by atoms with E-state index in [2.05, 4.69) is 25.6 Å². The fraction of sp³-hybridized carbons (Fsp3) is 0.174. The molecular weight excluding hydrogens is 440 g/mol. The average molecular weight is 461 g/mol. The molecule has 0 fully saturated rings. The van der Waals surface area contributed by atoms with Gasteiger partial charge in [0.05, 0.1) is 11.4 Å². The standard InChI is InChI=1S/C23H20N6O3S/c1-15-3-6-17(7-4-15)29-18(13-33-23-24-9-2-10-25-23)21(27-28-29)22(30)26-12-16-5-8-19-20(11-16)32-14-31-19/h2-11H,12-14H2,1H3,(H,26,30). The van der Waals surface area contributed by atoms with Crippen LogP contribution in [0.3, 0.4) is 0 Å². The number of benzene rings is 2. The largest absolute Gasteiger partial charge is 0.454 e. The van der Waals surface area contributed by atoms with Crippen LogP contribution in [0.2, 0.25) is 0 Å². The Morgan fingerprint density at radius 3 is 2.70 bits per heavy atom. The molecule has 2 aromatic heterocycles. The Balaban J connectivity index is 1.38. The van der Waals surface area contributed by atoms with Gasteiger partial charge in [0.15, 0.2) is 22.3 Å². The maximum atomic E-state index is 13.1. The van der Waals surface area contributed by atoms with E-state index in [0.717, 1.165) is 16.8 Å². The van der Waals surface area contributed by atoms with E-state index < -0.39 is 0 Å². The second-order valence-electron chi connectivity index (χ2n) is 7.32. The number of carbonyl (C=O) groups is 1. The molecule has 1 aliphatic rings. The molecule has 0 atom stereocenters. The summed E-state index contributed by atoms with van der Waals surface area (Å²) < 4.78 is 12.4. The summed E-state index contributed by atoms with van der Waals surface area (Å²) in [5.74, 6) is 1.49. The topological polar surface area (TPSA) is 104 Å². The Morgan fingerprint density at radius 1 is 1.09 bits per heavy atom. The highest BCUT2D eigenvalue weighted by Gasteiger charge is 2.22. The van der Waals surface area contributed by atoms with E-state index in [9.17, 15) is 4.79 Å². The molecule has 0 spiro atoms. The number of rotatable bonds is 7. The number of fused-ring (bicyclic) bond motifs is 1. The van der Waals surface area contributed by atoms with E-state index in [1.54, 1.807) is 23.1 Å². The molecule has 0 saturated heterocycles. The third-order valence-corrected chi connectivity index (χ3v) is 5.91. The van der Waals surface area contributed by atoms with E-state index >= 15 is 0 Å². The van der Waals surface area contributed by atoms with Crippen LogP contribution in [0.15, 0.2) is 66.1 Å². The zero-order valence-corrected chi connectivity index (χ0v) is 18.6. The van der Waals surface area contributed by atoms with Crippen molar-refractivity contribution < 1.29 is 14.3 Å². The summed E-state index contributed by atoms with van der Waals surface area (Å²) in [7, 11) is 0. The number of nitrogens with one attached hydrogen (secondary N) is 1. The van der Waals surface area contributed by atoms with Gasteiger partial charge in [-0.15, -0.1) is 5.10 Å². The number of carbonyl (C=O) groups excluding carboxylic acids is 1. The van der Waals surface area contributed by atoms with Crippen molar-refractivity contribution in [2.24, 2.45) is 0 Å². The Hall–Kier alpha value is -3.92. The van der Waals surface area contributed by atoms with Crippen molar-refractivity contribution in [3.8, 4) is 17.2 Å². The lowest BCUT2D eigenvalue weighted by Gasteiger charge is -2.09. The summed E-state index contributed by atoms with van der Waals surface area (Å²) in [5, 5.41) is 12.0. The van der Waals surface area contributed by atoms with Crippen LogP contribution in [0.25, 0.3) is 5.69 Å². The Bertz CT molecular complexity index is 1280. The van der Waals surface area contributed by atoms with Crippen LogP contribution in [0.5, 0.6) is 11.5 Å². The molecular formula is C23H20N6O3S. The maximum absolute atomic E-state index is 13.1. The van der Waals surface area contributed by atoms with Crippen molar-refractivity contribution in [1.82, 2.24) is 30.3 Å². The van der Waals surface area contributed by atoms with Crippen molar-refractivity contribution >= 4 is 17.7 Å². The minimum atomic E-state index is -0.310. The molecule has 5 rings (SSSR count). The molecule has 166 valence electrons. The normalized spacial score (nSPS) is 12.0. The third-order valence-electron chi connectivity index (χ3n) is 5.03. The molecule has 1 amide bonds. The van der Waals surface area contributed by atoms with Crippen LogP contribution < -0.4 is 14.8 Å². The van der Waals surface area contributed by atoms with Gasteiger partial charge in [0, 0.05) is 24.7 Å². The number of thioether (sulfide) groups is 1. The summed E-state index contributed by atoms with van der Waals surface area (Å²) in [5.41, 5.74) is 3.79. The minimum absolute atomic E-state index is 0.208. The van der Waals surface area contributed by atoms with Gasteiger partial charge in [-0.05, 0) is 42.8 Å². The van der Waals surface area contributed by atoms with Crippen molar-refractivity contribution in [3.63, 3.8) is 0 Å². The molecule has 1 aliphatic heterocycles.